The number of carbonyl (C=O) groups excluding carboxylic acids is 2. The molecule has 0 heterocycles. The number of aliphatic hydroxyl groups is 1. The molecule has 244 valence electrons. The van der Waals surface area contributed by atoms with E-state index >= 15 is 0 Å². The molecule has 1 atom stereocenters. The fourth-order valence-corrected chi connectivity index (χ4v) is 4.96. The lowest BCUT2D eigenvalue weighted by Crippen LogP contribution is -2.27. The molecule has 0 saturated carbocycles. The maximum absolute atomic E-state index is 12.1. The van der Waals surface area contributed by atoms with Gasteiger partial charge in [0.05, 0.1) is 13.2 Å². The molecule has 0 spiro atoms. The Balaban J connectivity index is 3.37. The molecule has 7 nitrogen and oxygen atoms in total. The highest BCUT2D eigenvalue weighted by Crippen LogP contribution is 2.13. The predicted octanol–water partition coefficient (Wildman–Crippen LogP) is 8.40. The van der Waals surface area contributed by atoms with Gasteiger partial charge >= 0.3 is 5.97 Å². The summed E-state index contributed by atoms with van der Waals surface area (Å²) in [4.78, 5) is 22.9. The Bertz CT molecular complexity index is 559. The third-order valence-corrected chi connectivity index (χ3v) is 7.55. The number of aliphatic hydroxyl groups excluding tert-OH is 1. The standard InChI is InChI=1S/C34H67NO6/c1-3-4-5-6-7-8-11-14-17-20-23-26-34(38)41-33(29-36)30-40-31-39-28-25-22-19-16-13-10-9-12-15-18-21-24-27-35-32(2)37/h33,36H,3-31H2,1-2H3,(H,35,37)/t33-/m1/s1. The molecular formula is C34H67NO6. The molecule has 0 saturated heterocycles. The number of unbranched alkanes of at least 4 members (excludes halogenated alkanes) is 21. The second-order valence-corrected chi connectivity index (χ2v) is 11.7. The van der Waals surface area contributed by atoms with Gasteiger partial charge in [-0.25, -0.2) is 0 Å². The Kier molecular flexibility index (Phi) is 32.4. The molecule has 0 radical (unpaired) electrons. The first kappa shape index (κ1) is 39.8. The second-order valence-electron chi connectivity index (χ2n) is 11.7. The number of rotatable bonds is 33. The van der Waals surface area contributed by atoms with E-state index in [1.165, 1.54) is 122 Å². The Morgan fingerprint density at radius 3 is 1.59 bits per heavy atom. The molecule has 0 aromatic heterocycles. The molecule has 41 heavy (non-hydrogen) atoms. The van der Waals surface area contributed by atoms with Crippen molar-refractivity contribution in [3.05, 3.63) is 0 Å². The van der Waals surface area contributed by atoms with Crippen LogP contribution in [0, 0.1) is 0 Å². The Hall–Kier alpha value is -1.18. The van der Waals surface area contributed by atoms with Crippen LogP contribution in [0.25, 0.3) is 0 Å². The first-order chi connectivity index (χ1) is 20.1. The van der Waals surface area contributed by atoms with E-state index in [2.05, 4.69) is 12.2 Å². The molecule has 0 aliphatic heterocycles. The fraction of sp³-hybridized carbons (Fsp3) is 0.941. The molecule has 0 unspecified atom stereocenters. The number of ether oxygens (including phenoxy) is 3. The van der Waals surface area contributed by atoms with E-state index in [1.807, 2.05) is 0 Å². The Morgan fingerprint density at radius 1 is 0.634 bits per heavy atom. The van der Waals surface area contributed by atoms with E-state index in [4.69, 9.17) is 14.2 Å². The topological polar surface area (TPSA) is 94.1 Å². The van der Waals surface area contributed by atoms with E-state index in [1.54, 1.807) is 6.92 Å². The van der Waals surface area contributed by atoms with Gasteiger partial charge in [0, 0.05) is 26.5 Å². The molecule has 0 aromatic carbocycles. The summed E-state index contributed by atoms with van der Waals surface area (Å²) >= 11 is 0. The van der Waals surface area contributed by atoms with Crippen LogP contribution in [0.15, 0.2) is 0 Å². The van der Waals surface area contributed by atoms with Gasteiger partial charge in [-0.3, -0.25) is 9.59 Å². The number of hydrogen-bond donors (Lipinski definition) is 2. The van der Waals surface area contributed by atoms with E-state index in [9.17, 15) is 14.7 Å². The highest BCUT2D eigenvalue weighted by atomic mass is 16.7. The number of amides is 1. The van der Waals surface area contributed by atoms with Crippen molar-refractivity contribution in [1.29, 1.82) is 0 Å². The van der Waals surface area contributed by atoms with Crippen LogP contribution in [0.3, 0.4) is 0 Å². The van der Waals surface area contributed by atoms with Crippen molar-refractivity contribution in [3.8, 4) is 0 Å². The number of esters is 1. The molecule has 0 fully saturated rings. The maximum Gasteiger partial charge on any atom is 0.306 e. The second kappa shape index (κ2) is 33.3. The van der Waals surface area contributed by atoms with Crippen LogP contribution < -0.4 is 5.32 Å². The van der Waals surface area contributed by atoms with Crippen molar-refractivity contribution < 1.29 is 28.9 Å². The van der Waals surface area contributed by atoms with Crippen LogP contribution in [0.4, 0.5) is 0 Å². The first-order valence-corrected chi connectivity index (χ1v) is 17.3. The monoisotopic (exact) mass is 585 g/mol. The summed E-state index contributed by atoms with van der Waals surface area (Å²) in [6.45, 7) is 5.41. The lowest BCUT2D eigenvalue weighted by Gasteiger charge is -2.16. The lowest BCUT2D eigenvalue weighted by molar-refractivity contribution is -0.159. The van der Waals surface area contributed by atoms with E-state index in [0.717, 1.165) is 32.2 Å². The summed E-state index contributed by atoms with van der Waals surface area (Å²) in [5.74, 6) is -0.181. The van der Waals surface area contributed by atoms with Gasteiger partial charge in [0.25, 0.3) is 0 Å². The Morgan fingerprint density at radius 2 is 1.10 bits per heavy atom. The average Bonchev–Trinajstić information content (AvgIpc) is 2.96. The zero-order valence-corrected chi connectivity index (χ0v) is 27.1. The average molecular weight is 586 g/mol. The summed E-state index contributed by atoms with van der Waals surface area (Å²) in [6.07, 6.45) is 28.4. The smallest absolute Gasteiger partial charge is 0.306 e. The third kappa shape index (κ3) is 33.2. The molecular weight excluding hydrogens is 518 g/mol. The largest absolute Gasteiger partial charge is 0.457 e. The third-order valence-electron chi connectivity index (χ3n) is 7.55. The van der Waals surface area contributed by atoms with Crippen molar-refractivity contribution in [1.82, 2.24) is 5.32 Å². The highest BCUT2D eigenvalue weighted by Gasteiger charge is 2.13. The summed E-state index contributed by atoms with van der Waals surface area (Å²) < 4.78 is 16.3. The molecule has 0 bridgehead atoms. The molecule has 0 aromatic rings. The zero-order valence-electron chi connectivity index (χ0n) is 27.1. The van der Waals surface area contributed by atoms with Crippen molar-refractivity contribution in [3.63, 3.8) is 0 Å². The van der Waals surface area contributed by atoms with Crippen molar-refractivity contribution >= 4 is 11.9 Å². The van der Waals surface area contributed by atoms with Crippen LogP contribution in [0.2, 0.25) is 0 Å². The van der Waals surface area contributed by atoms with Crippen LogP contribution in [0.5, 0.6) is 0 Å². The number of carbonyl (C=O) groups is 2. The molecule has 2 N–H and O–H groups in total. The minimum absolute atomic E-state index is 0.0689. The first-order valence-electron chi connectivity index (χ1n) is 17.3. The summed E-state index contributed by atoms with van der Waals surface area (Å²) in [5, 5.41) is 12.3. The van der Waals surface area contributed by atoms with Gasteiger partial charge in [0.2, 0.25) is 5.91 Å². The number of hydrogen-bond acceptors (Lipinski definition) is 6. The van der Waals surface area contributed by atoms with Gasteiger partial charge in [0.15, 0.2) is 0 Å². The lowest BCUT2D eigenvalue weighted by atomic mass is 10.1. The predicted molar refractivity (Wildman–Crippen MR) is 169 cm³/mol. The normalized spacial score (nSPS) is 12.0. The van der Waals surface area contributed by atoms with E-state index in [0.29, 0.717) is 13.0 Å². The minimum Gasteiger partial charge on any atom is -0.457 e. The molecule has 0 rings (SSSR count). The highest BCUT2D eigenvalue weighted by molar-refractivity contribution is 5.72. The molecule has 0 aliphatic carbocycles. The van der Waals surface area contributed by atoms with Gasteiger partial charge in [-0.15, -0.1) is 0 Å². The van der Waals surface area contributed by atoms with Gasteiger partial charge in [-0.1, -0.05) is 135 Å². The quantitative estimate of drug-likeness (QED) is 0.0456. The van der Waals surface area contributed by atoms with Gasteiger partial charge in [-0.05, 0) is 19.3 Å². The maximum atomic E-state index is 12.1. The van der Waals surface area contributed by atoms with Crippen LogP contribution in [-0.4, -0.2) is 56.2 Å². The van der Waals surface area contributed by atoms with E-state index < -0.39 is 6.10 Å². The van der Waals surface area contributed by atoms with Crippen molar-refractivity contribution in [2.45, 2.75) is 174 Å². The van der Waals surface area contributed by atoms with Crippen LogP contribution in [0.1, 0.15) is 168 Å². The molecule has 1 amide bonds. The van der Waals surface area contributed by atoms with Gasteiger partial charge < -0.3 is 24.6 Å². The van der Waals surface area contributed by atoms with Gasteiger partial charge in [-0.2, -0.15) is 0 Å². The van der Waals surface area contributed by atoms with Crippen LogP contribution >= 0.6 is 0 Å². The fourth-order valence-electron chi connectivity index (χ4n) is 4.96. The van der Waals surface area contributed by atoms with Crippen LogP contribution in [-0.2, 0) is 23.8 Å². The SMILES string of the molecule is CCCCCCCCCCCCCC(=O)O[C@H](CO)COCOCCCCCCCCCCCCCCNC(C)=O. The Labute approximate surface area is 253 Å². The van der Waals surface area contributed by atoms with Crippen molar-refractivity contribution in [2.75, 3.05) is 33.2 Å². The van der Waals surface area contributed by atoms with Gasteiger partial charge in [0.1, 0.15) is 12.9 Å². The van der Waals surface area contributed by atoms with Crippen molar-refractivity contribution in [2.24, 2.45) is 0 Å². The molecule has 0 aliphatic rings. The zero-order chi connectivity index (χ0) is 30.1. The minimum atomic E-state index is -0.617. The summed E-state index contributed by atoms with van der Waals surface area (Å²) in [5.41, 5.74) is 0. The summed E-state index contributed by atoms with van der Waals surface area (Å²) in [6, 6.07) is 0. The molecule has 7 heteroatoms. The van der Waals surface area contributed by atoms with E-state index in [-0.39, 0.29) is 31.9 Å². The number of nitrogens with one attached hydrogen (secondary N) is 1. The summed E-state index contributed by atoms with van der Waals surface area (Å²) in [7, 11) is 0.